The third-order valence-corrected chi connectivity index (χ3v) is 9.22. The molecule has 3 aliphatic rings. The number of nitrogens with zero attached hydrogens (tertiary/aromatic N) is 5. The van der Waals surface area contributed by atoms with Crippen molar-refractivity contribution in [2.24, 2.45) is 5.41 Å². The highest BCUT2D eigenvalue weighted by molar-refractivity contribution is 7.89. The molecule has 3 saturated heterocycles. The molecule has 0 bridgehead atoms. The maximum atomic E-state index is 13.4. The zero-order valence-corrected chi connectivity index (χ0v) is 19.9. The van der Waals surface area contributed by atoms with Crippen LogP contribution in [-0.2, 0) is 21.3 Å². The van der Waals surface area contributed by atoms with Gasteiger partial charge >= 0.3 is 0 Å². The molecule has 178 valence electrons. The van der Waals surface area contributed by atoms with Gasteiger partial charge in [-0.15, -0.1) is 0 Å². The number of sulfonamides is 1. The number of pyridine rings is 2. The van der Waals surface area contributed by atoms with Crippen molar-refractivity contribution < 1.29 is 13.2 Å². The van der Waals surface area contributed by atoms with Crippen LogP contribution in [-0.4, -0.2) is 80.1 Å². The molecular formula is C24H33N5O3S. The van der Waals surface area contributed by atoms with Crippen LogP contribution in [0.4, 0.5) is 5.82 Å². The van der Waals surface area contributed by atoms with E-state index in [-0.39, 0.29) is 5.41 Å². The summed E-state index contributed by atoms with van der Waals surface area (Å²) in [6.45, 7) is 7.08. The second-order valence-corrected chi connectivity index (χ2v) is 11.5. The number of piperidine rings is 2. The highest BCUT2D eigenvalue weighted by Gasteiger charge is 2.42. The van der Waals surface area contributed by atoms with E-state index in [4.69, 9.17) is 4.74 Å². The van der Waals surface area contributed by atoms with Crippen molar-refractivity contribution in [2.45, 2.75) is 37.1 Å². The predicted molar refractivity (Wildman–Crippen MR) is 126 cm³/mol. The Kier molecular flexibility index (Phi) is 6.65. The van der Waals surface area contributed by atoms with Gasteiger partial charge in [0.15, 0.2) is 0 Å². The molecule has 0 aromatic carbocycles. The van der Waals surface area contributed by atoms with Crippen LogP contribution < -0.4 is 4.90 Å². The molecule has 5 heterocycles. The van der Waals surface area contributed by atoms with Crippen LogP contribution >= 0.6 is 0 Å². The summed E-state index contributed by atoms with van der Waals surface area (Å²) in [6, 6.07) is 7.68. The standard InChI is InChI=1S/C24H33N5O3S/c30-33(31,22-2-3-23(26-18-22)28-14-16-32-17-15-28)29-11-1-6-24(20-29)7-12-27(13-8-24)19-21-4-9-25-10-5-21/h2-5,9-10,18H,1,6-8,11-17,19-20H2. The third kappa shape index (κ3) is 5.06. The number of likely N-dealkylation sites (tertiary alicyclic amines) is 1. The quantitative estimate of drug-likeness (QED) is 0.662. The summed E-state index contributed by atoms with van der Waals surface area (Å²) >= 11 is 0. The molecular weight excluding hydrogens is 438 g/mol. The molecule has 1 spiro atoms. The molecule has 9 heteroatoms. The predicted octanol–water partition coefficient (Wildman–Crippen LogP) is 2.38. The van der Waals surface area contributed by atoms with Gasteiger partial charge < -0.3 is 9.64 Å². The highest BCUT2D eigenvalue weighted by atomic mass is 32.2. The van der Waals surface area contributed by atoms with E-state index in [1.165, 1.54) is 11.8 Å². The van der Waals surface area contributed by atoms with Crippen molar-refractivity contribution in [3.05, 3.63) is 48.4 Å². The van der Waals surface area contributed by atoms with E-state index in [1.54, 1.807) is 10.4 Å². The van der Waals surface area contributed by atoms with Crippen LogP contribution in [0.3, 0.4) is 0 Å². The molecule has 0 saturated carbocycles. The summed E-state index contributed by atoms with van der Waals surface area (Å²) in [7, 11) is -3.54. The van der Waals surface area contributed by atoms with Crippen LogP contribution in [0.5, 0.6) is 0 Å². The minimum absolute atomic E-state index is 0.0846. The molecule has 0 aliphatic carbocycles. The molecule has 0 N–H and O–H groups in total. The van der Waals surface area contributed by atoms with Crippen molar-refractivity contribution in [2.75, 3.05) is 57.4 Å². The normalized spacial score (nSPS) is 22.5. The highest BCUT2D eigenvalue weighted by Crippen LogP contribution is 2.41. The van der Waals surface area contributed by atoms with Gasteiger partial charge in [0.1, 0.15) is 10.7 Å². The average molecular weight is 472 g/mol. The molecule has 8 nitrogen and oxygen atoms in total. The summed E-state index contributed by atoms with van der Waals surface area (Å²) in [6.07, 6.45) is 9.31. The first kappa shape index (κ1) is 22.7. The zero-order chi connectivity index (χ0) is 22.7. The molecule has 2 aromatic rings. The smallest absolute Gasteiger partial charge is 0.244 e. The van der Waals surface area contributed by atoms with Gasteiger partial charge in [-0.3, -0.25) is 9.88 Å². The van der Waals surface area contributed by atoms with E-state index in [0.717, 1.165) is 64.2 Å². The van der Waals surface area contributed by atoms with Crippen molar-refractivity contribution >= 4 is 15.8 Å². The number of anilines is 1. The number of rotatable bonds is 5. The lowest BCUT2D eigenvalue weighted by atomic mass is 9.73. The van der Waals surface area contributed by atoms with Crippen LogP contribution in [0.2, 0.25) is 0 Å². The van der Waals surface area contributed by atoms with Crippen molar-refractivity contribution in [3.63, 3.8) is 0 Å². The largest absolute Gasteiger partial charge is 0.378 e. The second kappa shape index (κ2) is 9.66. The lowest BCUT2D eigenvalue weighted by Crippen LogP contribution is -2.50. The molecule has 3 aliphatic heterocycles. The van der Waals surface area contributed by atoms with Gasteiger partial charge in [-0.05, 0) is 74.0 Å². The Labute approximate surface area is 196 Å². The summed E-state index contributed by atoms with van der Waals surface area (Å²) in [5.41, 5.74) is 1.36. The van der Waals surface area contributed by atoms with Gasteiger partial charge in [0.2, 0.25) is 10.0 Å². The van der Waals surface area contributed by atoms with Gasteiger partial charge in [0.25, 0.3) is 0 Å². The molecule has 0 atom stereocenters. The number of morpholine rings is 1. The maximum absolute atomic E-state index is 13.4. The summed E-state index contributed by atoms with van der Waals surface area (Å²) in [4.78, 5) is 13.5. The molecule has 2 aromatic heterocycles. The minimum atomic E-state index is -3.54. The molecule has 0 amide bonds. The zero-order valence-electron chi connectivity index (χ0n) is 19.1. The average Bonchev–Trinajstić information content (AvgIpc) is 2.87. The molecule has 5 rings (SSSR count). The fourth-order valence-corrected chi connectivity index (χ4v) is 6.90. The van der Waals surface area contributed by atoms with Crippen molar-refractivity contribution in [3.8, 4) is 0 Å². The second-order valence-electron chi connectivity index (χ2n) is 9.53. The first-order valence-electron chi connectivity index (χ1n) is 11.9. The molecule has 0 radical (unpaired) electrons. The topological polar surface area (TPSA) is 78.9 Å². The first-order chi connectivity index (χ1) is 16.0. The van der Waals surface area contributed by atoms with Gasteiger partial charge in [-0.25, -0.2) is 13.4 Å². The molecule has 0 unspecified atom stereocenters. The Morgan fingerprint density at radius 3 is 2.39 bits per heavy atom. The van der Waals surface area contributed by atoms with Crippen molar-refractivity contribution in [1.82, 2.24) is 19.2 Å². The van der Waals surface area contributed by atoms with E-state index in [1.807, 2.05) is 18.5 Å². The number of aromatic nitrogens is 2. The Morgan fingerprint density at radius 1 is 0.939 bits per heavy atom. The number of hydrogen-bond acceptors (Lipinski definition) is 7. The molecule has 33 heavy (non-hydrogen) atoms. The lowest BCUT2D eigenvalue weighted by molar-refractivity contribution is 0.0495. The summed E-state index contributed by atoms with van der Waals surface area (Å²) in [5.74, 6) is 0.814. The molecule has 3 fully saturated rings. The van der Waals surface area contributed by atoms with Gasteiger partial charge in [-0.1, -0.05) is 0 Å². The maximum Gasteiger partial charge on any atom is 0.244 e. The Morgan fingerprint density at radius 2 is 1.70 bits per heavy atom. The van der Waals surface area contributed by atoms with Crippen LogP contribution in [0.25, 0.3) is 0 Å². The van der Waals surface area contributed by atoms with Crippen LogP contribution in [0.15, 0.2) is 47.8 Å². The minimum Gasteiger partial charge on any atom is -0.378 e. The van der Waals surface area contributed by atoms with Crippen LogP contribution in [0, 0.1) is 5.41 Å². The lowest BCUT2D eigenvalue weighted by Gasteiger charge is -2.47. The fraction of sp³-hybridized carbons (Fsp3) is 0.583. The Balaban J connectivity index is 1.22. The van der Waals surface area contributed by atoms with E-state index < -0.39 is 10.0 Å². The van der Waals surface area contributed by atoms with Crippen molar-refractivity contribution in [1.29, 1.82) is 0 Å². The Hall–Kier alpha value is -2.07. The van der Waals surface area contributed by atoms with Gasteiger partial charge in [-0.2, -0.15) is 4.31 Å². The fourth-order valence-electron chi connectivity index (χ4n) is 5.36. The van der Waals surface area contributed by atoms with Gasteiger partial charge in [0.05, 0.1) is 13.2 Å². The summed E-state index contributed by atoms with van der Waals surface area (Å²) < 4.78 is 34.0. The van der Waals surface area contributed by atoms with E-state index in [9.17, 15) is 8.42 Å². The SMILES string of the molecule is O=S(=O)(c1ccc(N2CCOCC2)nc1)N1CCCC2(CCN(Cc3ccncc3)CC2)C1. The van der Waals surface area contributed by atoms with E-state index in [0.29, 0.717) is 31.2 Å². The van der Waals surface area contributed by atoms with Gasteiger partial charge in [0, 0.05) is 51.3 Å². The third-order valence-electron chi connectivity index (χ3n) is 7.39. The van der Waals surface area contributed by atoms with E-state index in [2.05, 4.69) is 31.9 Å². The Bertz CT molecular complexity index is 1020. The monoisotopic (exact) mass is 471 g/mol. The van der Waals surface area contributed by atoms with Crippen LogP contribution in [0.1, 0.15) is 31.2 Å². The summed E-state index contributed by atoms with van der Waals surface area (Å²) in [5, 5.41) is 0. The van der Waals surface area contributed by atoms with E-state index >= 15 is 0 Å². The first-order valence-corrected chi connectivity index (χ1v) is 13.4. The number of hydrogen-bond donors (Lipinski definition) is 0. The number of ether oxygens (including phenoxy) is 1.